The molecule has 0 unspecified atom stereocenters. The Bertz CT molecular complexity index is 1110. The van der Waals surface area contributed by atoms with Crippen LogP contribution in [-0.2, 0) is 10.0 Å². The number of anilines is 2. The minimum Gasteiger partial charge on any atom is -0.320 e. The summed E-state index contributed by atoms with van der Waals surface area (Å²) in [6.07, 6.45) is 0. The molecule has 0 saturated carbocycles. The predicted molar refractivity (Wildman–Crippen MR) is 112 cm³/mol. The Morgan fingerprint density at radius 2 is 1.45 bits per heavy atom. The largest absolute Gasteiger partial charge is 0.320 e. The normalized spacial score (nSPS) is 11.3. The molecule has 0 bridgehead atoms. The van der Waals surface area contributed by atoms with Crippen LogP contribution in [0.15, 0.2) is 77.7 Å². The van der Waals surface area contributed by atoms with Crippen molar-refractivity contribution in [2.75, 3.05) is 10.0 Å². The van der Waals surface area contributed by atoms with Gasteiger partial charge in [0.2, 0.25) is 0 Å². The first-order chi connectivity index (χ1) is 13.8. The van der Waals surface area contributed by atoms with E-state index in [1.807, 2.05) is 12.1 Å². The van der Waals surface area contributed by atoms with Crippen LogP contribution < -0.4 is 10.0 Å². The first-order valence-corrected chi connectivity index (χ1v) is 10.5. The van der Waals surface area contributed by atoms with E-state index in [-0.39, 0.29) is 16.5 Å². The standard InChI is InChI=1S/C22H21FN2O3S/c1-15(2)16-7-9-17(10-8-16)22(26)24-20-5-3-4-6-21(20)25-29(27,28)19-13-11-18(23)12-14-19/h3-15,25H,1-2H3,(H,24,26). The Labute approximate surface area is 169 Å². The van der Waals surface area contributed by atoms with E-state index in [1.54, 1.807) is 36.4 Å². The molecule has 5 nitrogen and oxygen atoms in total. The van der Waals surface area contributed by atoms with Gasteiger partial charge in [0.1, 0.15) is 5.82 Å². The summed E-state index contributed by atoms with van der Waals surface area (Å²) in [7, 11) is -3.94. The lowest BCUT2D eigenvalue weighted by Gasteiger charge is -2.14. The van der Waals surface area contributed by atoms with E-state index in [1.165, 1.54) is 12.1 Å². The number of hydrogen-bond acceptors (Lipinski definition) is 3. The van der Waals surface area contributed by atoms with Gasteiger partial charge in [-0.2, -0.15) is 0 Å². The van der Waals surface area contributed by atoms with E-state index in [4.69, 9.17) is 0 Å². The zero-order chi connectivity index (χ0) is 21.0. The quantitative estimate of drug-likeness (QED) is 0.598. The maximum Gasteiger partial charge on any atom is 0.261 e. The number of para-hydroxylation sites is 2. The molecule has 0 aliphatic rings. The van der Waals surface area contributed by atoms with Gasteiger partial charge >= 0.3 is 0 Å². The summed E-state index contributed by atoms with van der Waals surface area (Å²) in [6, 6.07) is 18.2. The molecule has 0 fully saturated rings. The molecular weight excluding hydrogens is 391 g/mol. The van der Waals surface area contributed by atoms with Crippen molar-refractivity contribution in [2.24, 2.45) is 0 Å². The smallest absolute Gasteiger partial charge is 0.261 e. The Morgan fingerprint density at radius 3 is 2.03 bits per heavy atom. The number of halogens is 1. The number of rotatable bonds is 6. The Morgan fingerprint density at radius 1 is 0.862 bits per heavy atom. The molecule has 0 saturated heterocycles. The SMILES string of the molecule is CC(C)c1ccc(C(=O)Nc2ccccc2NS(=O)(=O)c2ccc(F)cc2)cc1. The zero-order valence-electron chi connectivity index (χ0n) is 16.0. The number of carbonyl (C=O) groups is 1. The lowest BCUT2D eigenvalue weighted by atomic mass is 10.0. The van der Waals surface area contributed by atoms with Gasteiger partial charge in [-0.05, 0) is 60.0 Å². The molecule has 0 atom stereocenters. The van der Waals surface area contributed by atoms with Crippen molar-refractivity contribution in [1.29, 1.82) is 0 Å². The second-order valence-corrected chi connectivity index (χ2v) is 8.52. The van der Waals surface area contributed by atoms with E-state index in [0.29, 0.717) is 17.2 Å². The van der Waals surface area contributed by atoms with Crippen molar-refractivity contribution >= 4 is 27.3 Å². The third kappa shape index (κ3) is 5.00. The Hall–Kier alpha value is -3.19. The maximum atomic E-state index is 13.1. The van der Waals surface area contributed by atoms with Crippen LogP contribution in [0.2, 0.25) is 0 Å². The molecule has 2 N–H and O–H groups in total. The summed E-state index contributed by atoms with van der Waals surface area (Å²) in [6.45, 7) is 4.14. The van der Waals surface area contributed by atoms with Crippen LogP contribution in [0.3, 0.4) is 0 Å². The lowest BCUT2D eigenvalue weighted by molar-refractivity contribution is 0.102. The van der Waals surface area contributed by atoms with Gasteiger partial charge in [0, 0.05) is 5.56 Å². The molecule has 150 valence electrons. The monoisotopic (exact) mass is 412 g/mol. The van der Waals surface area contributed by atoms with E-state index in [0.717, 1.165) is 17.7 Å². The number of hydrogen-bond donors (Lipinski definition) is 2. The molecule has 0 aromatic heterocycles. The number of benzene rings is 3. The molecule has 0 spiro atoms. The highest BCUT2D eigenvalue weighted by Crippen LogP contribution is 2.25. The molecule has 7 heteroatoms. The van der Waals surface area contributed by atoms with Gasteiger partial charge in [-0.15, -0.1) is 0 Å². The third-order valence-electron chi connectivity index (χ3n) is 4.38. The number of nitrogens with one attached hydrogen (secondary N) is 2. The van der Waals surface area contributed by atoms with Gasteiger partial charge in [0.15, 0.2) is 0 Å². The molecule has 3 rings (SSSR count). The lowest BCUT2D eigenvalue weighted by Crippen LogP contribution is -2.17. The zero-order valence-corrected chi connectivity index (χ0v) is 16.8. The van der Waals surface area contributed by atoms with Gasteiger partial charge in [0.25, 0.3) is 15.9 Å². The van der Waals surface area contributed by atoms with Crippen molar-refractivity contribution in [2.45, 2.75) is 24.7 Å². The van der Waals surface area contributed by atoms with Crippen molar-refractivity contribution in [3.8, 4) is 0 Å². The summed E-state index contributed by atoms with van der Waals surface area (Å²) >= 11 is 0. The minimum absolute atomic E-state index is 0.0793. The summed E-state index contributed by atoms with van der Waals surface area (Å²) in [5, 5.41) is 2.73. The van der Waals surface area contributed by atoms with Gasteiger partial charge in [0.05, 0.1) is 16.3 Å². The summed E-state index contributed by atoms with van der Waals surface area (Å²) < 4.78 is 40.7. The molecule has 3 aromatic rings. The van der Waals surface area contributed by atoms with E-state index < -0.39 is 15.8 Å². The van der Waals surface area contributed by atoms with Gasteiger partial charge in [-0.25, -0.2) is 12.8 Å². The van der Waals surface area contributed by atoms with Crippen molar-refractivity contribution in [3.63, 3.8) is 0 Å². The Kier molecular flexibility index (Phi) is 5.98. The maximum absolute atomic E-state index is 13.1. The summed E-state index contributed by atoms with van der Waals surface area (Å²) in [4.78, 5) is 12.5. The van der Waals surface area contributed by atoms with Crippen LogP contribution in [-0.4, -0.2) is 14.3 Å². The number of sulfonamides is 1. The van der Waals surface area contributed by atoms with Crippen LogP contribution in [0, 0.1) is 5.82 Å². The summed E-state index contributed by atoms with van der Waals surface area (Å²) in [5.74, 6) is -0.525. The van der Waals surface area contributed by atoms with Crippen molar-refractivity contribution in [3.05, 3.63) is 89.7 Å². The molecule has 0 radical (unpaired) electrons. The average Bonchev–Trinajstić information content (AvgIpc) is 2.69. The number of carbonyl (C=O) groups excluding carboxylic acids is 1. The van der Waals surface area contributed by atoms with Crippen LogP contribution in [0.1, 0.15) is 35.7 Å². The fourth-order valence-corrected chi connectivity index (χ4v) is 3.79. The van der Waals surface area contributed by atoms with Crippen LogP contribution in [0.5, 0.6) is 0 Å². The van der Waals surface area contributed by atoms with Gasteiger partial charge in [-0.1, -0.05) is 38.1 Å². The average molecular weight is 412 g/mol. The van der Waals surface area contributed by atoms with E-state index >= 15 is 0 Å². The highest BCUT2D eigenvalue weighted by atomic mass is 32.2. The highest BCUT2D eigenvalue weighted by Gasteiger charge is 2.17. The molecule has 1 amide bonds. The Balaban J connectivity index is 1.81. The molecule has 0 aliphatic heterocycles. The van der Waals surface area contributed by atoms with Gasteiger partial charge < -0.3 is 5.32 Å². The summed E-state index contributed by atoms with van der Waals surface area (Å²) in [5.41, 5.74) is 2.11. The third-order valence-corrected chi connectivity index (χ3v) is 5.76. The van der Waals surface area contributed by atoms with Crippen molar-refractivity contribution in [1.82, 2.24) is 0 Å². The van der Waals surface area contributed by atoms with E-state index in [2.05, 4.69) is 23.9 Å². The first-order valence-electron chi connectivity index (χ1n) is 9.05. The topological polar surface area (TPSA) is 75.3 Å². The fourth-order valence-electron chi connectivity index (χ4n) is 2.71. The molecular formula is C22H21FN2O3S. The van der Waals surface area contributed by atoms with E-state index in [9.17, 15) is 17.6 Å². The fraction of sp³-hybridized carbons (Fsp3) is 0.136. The van der Waals surface area contributed by atoms with Crippen LogP contribution in [0.4, 0.5) is 15.8 Å². The second-order valence-electron chi connectivity index (χ2n) is 6.84. The molecule has 3 aromatic carbocycles. The predicted octanol–water partition coefficient (Wildman–Crippen LogP) is 5.00. The highest BCUT2D eigenvalue weighted by molar-refractivity contribution is 7.92. The van der Waals surface area contributed by atoms with Crippen molar-refractivity contribution < 1.29 is 17.6 Å². The van der Waals surface area contributed by atoms with Crippen LogP contribution in [0.25, 0.3) is 0 Å². The number of amides is 1. The van der Waals surface area contributed by atoms with Gasteiger partial charge in [-0.3, -0.25) is 9.52 Å². The molecule has 29 heavy (non-hydrogen) atoms. The minimum atomic E-state index is -3.94. The van der Waals surface area contributed by atoms with Crippen LogP contribution >= 0.6 is 0 Å². The molecule has 0 heterocycles. The molecule has 0 aliphatic carbocycles. The first kappa shape index (κ1) is 20.5. The second kappa shape index (κ2) is 8.45.